The van der Waals surface area contributed by atoms with Crippen molar-refractivity contribution < 1.29 is 4.79 Å². The van der Waals surface area contributed by atoms with Crippen molar-refractivity contribution in [1.29, 1.82) is 0 Å². The summed E-state index contributed by atoms with van der Waals surface area (Å²) in [6.45, 7) is 6.75. The lowest BCUT2D eigenvalue weighted by molar-refractivity contribution is 0.0936. The lowest BCUT2D eigenvalue weighted by Crippen LogP contribution is -2.48. The smallest absolute Gasteiger partial charge is 0.289 e. The van der Waals surface area contributed by atoms with Gasteiger partial charge in [0.05, 0.1) is 11.4 Å². The molecule has 3 N–H and O–H groups in total. The van der Waals surface area contributed by atoms with Crippen LogP contribution in [0.3, 0.4) is 0 Å². The molecular formula is C27H42Cl3N7O. The summed E-state index contributed by atoms with van der Waals surface area (Å²) in [5.41, 5.74) is 1.95. The highest BCUT2D eigenvalue weighted by molar-refractivity contribution is 5.96. The minimum absolute atomic E-state index is 0. The third kappa shape index (κ3) is 8.31. The van der Waals surface area contributed by atoms with E-state index < -0.39 is 0 Å². The Balaban J connectivity index is 0.00000169. The van der Waals surface area contributed by atoms with E-state index in [2.05, 4.69) is 43.8 Å². The van der Waals surface area contributed by atoms with Crippen LogP contribution in [0.15, 0.2) is 23.2 Å². The van der Waals surface area contributed by atoms with Gasteiger partial charge in [-0.1, -0.05) is 30.9 Å². The van der Waals surface area contributed by atoms with Crippen molar-refractivity contribution in [3.63, 3.8) is 0 Å². The van der Waals surface area contributed by atoms with Crippen LogP contribution in [0.2, 0.25) is 0 Å². The van der Waals surface area contributed by atoms with E-state index in [1.165, 1.54) is 32.1 Å². The third-order valence-electron chi connectivity index (χ3n) is 7.53. The SMILES string of the molecule is Cc1ccc2nc(C(=O)NCCN3CCCCC3)nc(N[C@H]3CCCC[C@H]3NC3=NCCC3)c2c1.Cl.Cl.Cl. The maximum atomic E-state index is 13.0. The number of hydrogen-bond acceptors (Lipinski definition) is 7. The first-order chi connectivity index (χ1) is 17.2. The first kappa shape index (κ1) is 32.3. The lowest BCUT2D eigenvalue weighted by atomic mass is 9.90. The number of nitrogens with one attached hydrogen (secondary N) is 3. The van der Waals surface area contributed by atoms with Crippen molar-refractivity contribution in [3.8, 4) is 0 Å². The number of anilines is 1. The second-order valence-electron chi connectivity index (χ2n) is 10.3. The fourth-order valence-corrected chi connectivity index (χ4v) is 5.57. The van der Waals surface area contributed by atoms with Crippen LogP contribution in [-0.4, -0.2) is 71.4 Å². The Labute approximate surface area is 244 Å². The summed E-state index contributed by atoms with van der Waals surface area (Å²) in [5, 5.41) is 11.4. The summed E-state index contributed by atoms with van der Waals surface area (Å²) in [7, 11) is 0. The average molecular weight is 587 g/mol. The molecule has 1 aromatic heterocycles. The molecule has 0 radical (unpaired) electrons. The Morgan fingerprint density at radius 3 is 2.39 bits per heavy atom. The number of likely N-dealkylation sites (tertiary alicyclic amines) is 1. The molecule has 1 aromatic carbocycles. The molecular weight excluding hydrogens is 545 g/mol. The number of amides is 1. The van der Waals surface area contributed by atoms with Crippen LogP contribution in [0.4, 0.5) is 5.82 Å². The van der Waals surface area contributed by atoms with Gasteiger partial charge < -0.3 is 20.9 Å². The second kappa shape index (κ2) is 15.7. The van der Waals surface area contributed by atoms with E-state index in [4.69, 9.17) is 4.98 Å². The first-order valence-corrected chi connectivity index (χ1v) is 13.5. The summed E-state index contributed by atoms with van der Waals surface area (Å²) in [6.07, 6.45) is 10.6. The molecule has 2 aliphatic heterocycles. The molecule has 1 aliphatic carbocycles. The molecule has 8 nitrogen and oxygen atoms in total. The molecule has 1 saturated carbocycles. The number of piperidine rings is 1. The van der Waals surface area contributed by atoms with Gasteiger partial charge >= 0.3 is 0 Å². The van der Waals surface area contributed by atoms with Crippen molar-refractivity contribution in [2.24, 2.45) is 4.99 Å². The number of aliphatic imine (C=N–C) groups is 1. The van der Waals surface area contributed by atoms with Gasteiger partial charge in [0.2, 0.25) is 5.82 Å². The van der Waals surface area contributed by atoms with Gasteiger partial charge in [-0.05, 0) is 64.3 Å². The molecule has 11 heteroatoms. The molecule has 2 aromatic rings. The van der Waals surface area contributed by atoms with E-state index >= 15 is 0 Å². The highest BCUT2D eigenvalue weighted by Crippen LogP contribution is 2.27. The predicted molar refractivity (Wildman–Crippen MR) is 163 cm³/mol. The zero-order chi connectivity index (χ0) is 24.0. The Kier molecular flexibility index (Phi) is 13.3. The van der Waals surface area contributed by atoms with Crippen molar-refractivity contribution in [1.82, 2.24) is 25.5 Å². The number of amidine groups is 1. The number of carbonyl (C=O) groups excluding carboxylic acids is 1. The summed E-state index contributed by atoms with van der Waals surface area (Å²) in [5.74, 6) is 1.93. The molecule has 0 unspecified atom stereocenters. The van der Waals surface area contributed by atoms with Crippen molar-refractivity contribution in [2.45, 2.75) is 76.8 Å². The number of carbonyl (C=O) groups is 1. The summed E-state index contributed by atoms with van der Waals surface area (Å²) in [6, 6.07) is 6.70. The number of aromatic nitrogens is 2. The first-order valence-electron chi connectivity index (χ1n) is 13.5. The average Bonchev–Trinajstić information content (AvgIpc) is 3.39. The Morgan fingerprint density at radius 1 is 0.947 bits per heavy atom. The van der Waals surface area contributed by atoms with Crippen molar-refractivity contribution >= 4 is 65.7 Å². The van der Waals surface area contributed by atoms with Gasteiger partial charge in [-0.3, -0.25) is 9.79 Å². The molecule has 0 spiro atoms. The maximum Gasteiger partial charge on any atom is 0.289 e. The second-order valence-corrected chi connectivity index (χ2v) is 10.3. The van der Waals surface area contributed by atoms with Crippen LogP contribution in [0.1, 0.15) is 74.0 Å². The van der Waals surface area contributed by atoms with Gasteiger partial charge in [0.25, 0.3) is 5.91 Å². The number of benzene rings is 1. The number of aryl methyl sites for hydroxylation is 1. The van der Waals surface area contributed by atoms with Crippen LogP contribution in [0.25, 0.3) is 10.9 Å². The summed E-state index contributed by atoms with van der Waals surface area (Å²) < 4.78 is 0. The highest BCUT2D eigenvalue weighted by atomic mass is 35.5. The highest BCUT2D eigenvalue weighted by Gasteiger charge is 2.28. The predicted octanol–water partition coefficient (Wildman–Crippen LogP) is 4.92. The van der Waals surface area contributed by atoms with Gasteiger partial charge in [0.1, 0.15) is 5.82 Å². The third-order valence-corrected chi connectivity index (χ3v) is 7.53. The maximum absolute atomic E-state index is 13.0. The molecule has 3 aliphatic rings. The zero-order valence-corrected chi connectivity index (χ0v) is 24.7. The molecule has 1 saturated heterocycles. The van der Waals surface area contributed by atoms with Crippen LogP contribution < -0.4 is 16.0 Å². The molecule has 3 heterocycles. The normalized spacial score (nSPS) is 21.3. The van der Waals surface area contributed by atoms with Crippen LogP contribution >= 0.6 is 37.2 Å². The van der Waals surface area contributed by atoms with Gasteiger partial charge in [-0.2, -0.15) is 0 Å². The Morgan fingerprint density at radius 2 is 1.68 bits per heavy atom. The van der Waals surface area contributed by atoms with E-state index in [0.29, 0.717) is 12.6 Å². The van der Waals surface area contributed by atoms with Crippen molar-refractivity contribution in [3.05, 3.63) is 29.6 Å². The minimum Gasteiger partial charge on any atom is -0.369 e. The molecule has 212 valence electrons. The molecule has 2 atom stereocenters. The van der Waals surface area contributed by atoms with Crippen molar-refractivity contribution in [2.75, 3.05) is 38.0 Å². The van der Waals surface area contributed by atoms with E-state index in [1.807, 2.05) is 12.1 Å². The largest absolute Gasteiger partial charge is 0.369 e. The Bertz CT molecular complexity index is 1080. The quantitative estimate of drug-likeness (QED) is 0.426. The summed E-state index contributed by atoms with van der Waals surface area (Å²) >= 11 is 0. The Hall–Kier alpha value is -1.87. The topological polar surface area (TPSA) is 94.5 Å². The standard InChI is InChI=1S/C27H39N7O.3ClH/c1-19-11-12-21-20(18-19)25(32-23-9-4-3-8-22(23)30-24-10-7-13-28-24)33-26(31-21)27(35)29-14-17-34-15-5-2-6-16-34;;;/h11-12,18,22-23H,2-10,13-17H2,1H3,(H,28,30)(H,29,35)(H,31,32,33);3*1H/t22-,23+;;;/m1.../s1. The molecule has 2 fully saturated rings. The fraction of sp³-hybridized carbons (Fsp3) is 0.630. The van der Waals surface area contributed by atoms with Gasteiger partial charge in [-0.25, -0.2) is 9.97 Å². The van der Waals surface area contributed by atoms with E-state index in [1.54, 1.807) is 0 Å². The monoisotopic (exact) mass is 585 g/mol. The van der Waals surface area contributed by atoms with E-state index in [0.717, 1.165) is 80.0 Å². The van der Waals surface area contributed by atoms with Crippen LogP contribution in [0, 0.1) is 6.92 Å². The molecule has 38 heavy (non-hydrogen) atoms. The fourth-order valence-electron chi connectivity index (χ4n) is 5.57. The van der Waals surface area contributed by atoms with E-state index in [9.17, 15) is 4.79 Å². The van der Waals surface area contributed by atoms with Gasteiger partial charge in [0, 0.05) is 43.5 Å². The molecule has 0 bridgehead atoms. The molecule has 1 amide bonds. The zero-order valence-electron chi connectivity index (χ0n) is 22.2. The lowest BCUT2D eigenvalue weighted by Gasteiger charge is -2.34. The number of rotatable bonds is 7. The van der Waals surface area contributed by atoms with Gasteiger partial charge in [-0.15, -0.1) is 37.2 Å². The van der Waals surface area contributed by atoms with Crippen LogP contribution in [-0.2, 0) is 0 Å². The van der Waals surface area contributed by atoms with Gasteiger partial charge in [0.15, 0.2) is 0 Å². The number of nitrogens with zero attached hydrogens (tertiary/aromatic N) is 4. The molecule has 5 rings (SSSR count). The van der Waals surface area contributed by atoms with E-state index in [-0.39, 0.29) is 55.0 Å². The summed E-state index contributed by atoms with van der Waals surface area (Å²) in [4.78, 5) is 29.5. The van der Waals surface area contributed by atoms with Crippen LogP contribution in [0.5, 0.6) is 0 Å². The number of halogens is 3. The number of hydrogen-bond donors (Lipinski definition) is 3. The number of fused-ring (bicyclic) bond motifs is 1. The minimum atomic E-state index is -0.203.